The van der Waals surface area contributed by atoms with Gasteiger partial charge in [0, 0.05) is 32.5 Å². The second kappa shape index (κ2) is 8.85. The van der Waals surface area contributed by atoms with E-state index in [0.29, 0.717) is 5.92 Å². The summed E-state index contributed by atoms with van der Waals surface area (Å²) in [5.74, 6) is 1.23. The molecule has 0 aliphatic heterocycles. The van der Waals surface area contributed by atoms with Crippen molar-refractivity contribution < 1.29 is 0 Å². The number of aliphatic imine (C=N–C) groups is 1. The smallest absolute Gasteiger partial charge is 0.191 e. The largest absolute Gasteiger partial charge is 0.356 e. The Morgan fingerprint density at radius 2 is 1.81 bits per heavy atom. The standard InChI is InChI=1S/C21H25N5/c1-17(19-7-4-3-5-8-19)15-23-21(22-2)24-16-18-9-11-20(12-10-18)26-14-6-13-25-26/h3-14,17H,15-16H2,1-2H3,(H2,22,23,24). The summed E-state index contributed by atoms with van der Waals surface area (Å²) < 4.78 is 1.85. The first kappa shape index (κ1) is 17.7. The minimum atomic E-state index is 0.420. The highest BCUT2D eigenvalue weighted by Crippen LogP contribution is 2.13. The Hall–Kier alpha value is -3.08. The fourth-order valence-corrected chi connectivity index (χ4v) is 2.74. The van der Waals surface area contributed by atoms with E-state index >= 15 is 0 Å². The van der Waals surface area contributed by atoms with Crippen molar-refractivity contribution in [2.24, 2.45) is 4.99 Å². The summed E-state index contributed by atoms with van der Waals surface area (Å²) >= 11 is 0. The monoisotopic (exact) mass is 347 g/mol. The molecule has 0 aliphatic rings. The van der Waals surface area contributed by atoms with Gasteiger partial charge in [0.2, 0.25) is 0 Å². The summed E-state index contributed by atoms with van der Waals surface area (Å²) in [6.07, 6.45) is 3.72. The van der Waals surface area contributed by atoms with E-state index in [1.165, 1.54) is 11.1 Å². The lowest BCUT2D eigenvalue weighted by Gasteiger charge is -2.16. The summed E-state index contributed by atoms with van der Waals surface area (Å²) in [7, 11) is 1.79. The van der Waals surface area contributed by atoms with Crippen LogP contribution in [0.5, 0.6) is 0 Å². The number of aromatic nitrogens is 2. The minimum absolute atomic E-state index is 0.420. The van der Waals surface area contributed by atoms with Crippen molar-refractivity contribution in [1.82, 2.24) is 20.4 Å². The molecule has 0 bridgehead atoms. The molecule has 1 aromatic heterocycles. The highest BCUT2D eigenvalue weighted by Gasteiger charge is 2.06. The Labute approximate surface area is 154 Å². The molecule has 3 rings (SSSR count). The molecule has 0 saturated carbocycles. The van der Waals surface area contributed by atoms with Crippen LogP contribution in [0.15, 0.2) is 78.0 Å². The van der Waals surface area contributed by atoms with Gasteiger partial charge < -0.3 is 10.6 Å². The molecule has 0 fully saturated rings. The van der Waals surface area contributed by atoms with E-state index < -0.39 is 0 Å². The number of guanidine groups is 1. The molecule has 1 unspecified atom stereocenters. The zero-order chi connectivity index (χ0) is 18.2. The molecule has 0 spiro atoms. The predicted molar refractivity (Wildman–Crippen MR) is 107 cm³/mol. The lowest BCUT2D eigenvalue weighted by atomic mass is 10.0. The van der Waals surface area contributed by atoms with Gasteiger partial charge in [0.1, 0.15) is 0 Å². The Kier molecular flexibility index (Phi) is 6.04. The van der Waals surface area contributed by atoms with Gasteiger partial charge in [-0.2, -0.15) is 5.10 Å². The van der Waals surface area contributed by atoms with Gasteiger partial charge in [0.05, 0.1) is 5.69 Å². The first-order valence-electron chi connectivity index (χ1n) is 8.84. The van der Waals surface area contributed by atoms with Gasteiger partial charge in [-0.3, -0.25) is 4.99 Å². The average molecular weight is 347 g/mol. The molecule has 0 radical (unpaired) electrons. The number of benzene rings is 2. The van der Waals surface area contributed by atoms with Gasteiger partial charge in [-0.1, -0.05) is 49.4 Å². The van der Waals surface area contributed by atoms with Crippen LogP contribution in [-0.4, -0.2) is 29.3 Å². The van der Waals surface area contributed by atoms with Crippen LogP contribution >= 0.6 is 0 Å². The first-order chi connectivity index (χ1) is 12.8. The van der Waals surface area contributed by atoms with Crippen molar-refractivity contribution in [3.8, 4) is 5.69 Å². The maximum absolute atomic E-state index is 4.31. The number of nitrogens with one attached hydrogen (secondary N) is 2. The normalized spacial score (nSPS) is 12.6. The molecule has 0 aliphatic carbocycles. The molecule has 1 heterocycles. The van der Waals surface area contributed by atoms with Crippen LogP contribution in [0.3, 0.4) is 0 Å². The lowest BCUT2D eigenvalue weighted by Crippen LogP contribution is -2.38. The third-order valence-electron chi connectivity index (χ3n) is 4.33. The van der Waals surface area contributed by atoms with Gasteiger partial charge in [-0.05, 0) is 35.2 Å². The fourth-order valence-electron chi connectivity index (χ4n) is 2.74. The zero-order valence-corrected chi connectivity index (χ0v) is 15.3. The topological polar surface area (TPSA) is 54.2 Å². The van der Waals surface area contributed by atoms with Crippen LogP contribution in [-0.2, 0) is 6.54 Å². The van der Waals surface area contributed by atoms with Crippen LogP contribution in [0.25, 0.3) is 5.69 Å². The molecule has 5 heteroatoms. The first-order valence-corrected chi connectivity index (χ1v) is 8.84. The van der Waals surface area contributed by atoms with E-state index in [4.69, 9.17) is 0 Å². The molecule has 1 atom stereocenters. The Morgan fingerprint density at radius 1 is 1.04 bits per heavy atom. The predicted octanol–water partition coefficient (Wildman–Crippen LogP) is 3.34. The van der Waals surface area contributed by atoms with E-state index in [-0.39, 0.29) is 0 Å². The Morgan fingerprint density at radius 3 is 2.46 bits per heavy atom. The zero-order valence-electron chi connectivity index (χ0n) is 15.3. The number of nitrogens with zero attached hydrogens (tertiary/aromatic N) is 3. The van der Waals surface area contributed by atoms with Gasteiger partial charge >= 0.3 is 0 Å². The number of hydrogen-bond donors (Lipinski definition) is 2. The Bertz CT molecular complexity index is 807. The van der Waals surface area contributed by atoms with Gasteiger partial charge in [0.25, 0.3) is 0 Å². The van der Waals surface area contributed by atoms with Crippen molar-refractivity contribution in [1.29, 1.82) is 0 Å². The van der Waals surface area contributed by atoms with Crippen molar-refractivity contribution in [2.75, 3.05) is 13.6 Å². The van der Waals surface area contributed by atoms with E-state index in [0.717, 1.165) is 24.7 Å². The van der Waals surface area contributed by atoms with E-state index in [1.807, 2.05) is 23.0 Å². The third kappa shape index (κ3) is 4.72. The van der Waals surface area contributed by atoms with E-state index in [9.17, 15) is 0 Å². The van der Waals surface area contributed by atoms with Gasteiger partial charge in [-0.25, -0.2) is 4.68 Å². The molecule has 5 nitrogen and oxygen atoms in total. The third-order valence-corrected chi connectivity index (χ3v) is 4.33. The summed E-state index contributed by atoms with van der Waals surface area (Å²) in [6, 6.07) is 20.8. The quantitative estimate of drug-likeness (QED) is 0.531. The number of hydrogen-bond acceptors (Lipinski definition) is 2. The van der Waals surface area contributed by atoms with Crippen LogP contribution in [0, 0.1) is 0 Å². The molecule has 0 amide bonds. The second-order valence-electron chi connectivity index (χ2n) is 6.24. The Balaban J connectivity index is 1.49. The van der Waals surface area contributed by atoms with Crippen LogP contribution in [0.1, 0.15) is 24.0 Å². The lowest BCUT2D eigenvalue weighted by molar-refractivity contribution is 0.699. The molecular weight excluding hydrogens is 322 g/mol. The molecule has 0 saturated heterocycles. The molecule has 3 aromatic rings. The summed E-state index contributed by atoms with van der Waals surface area (Å²) in [6.45, 7) is 3.77. The number of rotatable bonds is 6. The summed E-state index contributed by atoms with van der Waals surface area (Å²) in [5, 5.41) is 11.0. The molecule has 2 N–H and O–H groups in total. The van der Waals surface area contributed by atoms with E-state index in [2.05, 4.69) is 76.2 Å². The van der Waals surface area contributed by atoms with Crippen molar-refractivity contribution in [3.63, 3.8) is 0 Å². The SMILES string of the molecule is CN=C(NCc1ccc(-n2cccn2)cc1)NCC(C)c1ccccc1. The minimum Gasteiger partial charge on any atom is -0.356 e. The highest BCUT2D eigenvalue weighted by molar-refractivity contribution is 5.79. The van der Waals surface area contributed by atoms with Gasteiger partial charge in [0.15, 0.2) is 5.96 Å². The van der Waals surface area contributed by atoms with Crippen LogP contribution in [0.4, 0.5) is 0 Å². The summed E-state index contributed by atoms with van der Waals surface area (Å²) in [5.41, 5.74) is 3.57. The average Bonchev–Trinajstić information content (AvgIpc) is 3.24. The maximum Gasteiger partial charge on any atom is 0.191 e. The molecule has 26 heavy (non-hydrogen) atoms. The van der Waals surface area contributed by atoms with Gasteiger partial charge in [-0.15, -0.1) is 0 Å². The summed E-state index contributed by atoms with van der Waals surface area (Å²) in [4.78, 5) is 4.31. The van der Waals surface area contributed by atoms with Crippen molar-refractivity contribution >= 4 is 5.96 Å². The van der Waals surface area contributed by atoms with Crippen LogP contribution in [0.2, 0.25) is 0 Å². The molecule has 2 aromatic carbocycles. The molecular formula is C21H25N5. The second-order valence-corrected chi connectivity index (χ2v) is 6.24. The van der Waals surface area contributed by atoms with Crippen molar-refractivity contribution in [2.45, 2.75) is 19.4 Å². The highest BCUT2D eigenvalue weighted by atomic mass is 15.3. The van der Waals surface area contributed by atoms with Crippen molar-refractivity contribution in [3.05, 3.63) is 84.2 Å². The van der Waals surface area contributed by atoms with E-state index in [1.54, 1.807) is 13.2 Å². The fraction of sp³-hybridized carbons (Fsp3) is 0.238. The maximum atomic E-state index is 4.31. The molecule has 134 valence electrons. The van der Waals surface area contributed by atoms with Crippen LogP contribution < -0.4 is 10.6 Å².